The number of amides is 1. The van der Waals surface area contributed by atoms with Gasteiger partial charge in [0.05, 0.1) is 17.2 Å². The van der Waals surface area contributed by atoms with Crippen LogP contribution in [0.2, 0.25) is 0 Å². The van der Waals surface area contributed by atoms with E-state index < -0.39 is 10.8 Å². The molecule has 0 aliphatic rings. The summed E-state index contributed by atoms with van der Waals surface area (Å²) in [4.78, 5) is 22.6. The van der Waals surface area contributed by atoms with Crippen molar-refractivity contribution in [3.05, 3.63) is 39.5 Å². The highest BCUT2D eigenvalue weighted by molar-refractivity contribution is 5.96. The van der Waals surface area contributed by atoms with Crippen LogP contribution in [-0.4, -0.2) is 30.4 Å². The molecule has 0 saturated heterocycles. The number of rotatable bonds is 5. The maximum absolute atomic E-state index is 12.2. The van der Waals surface area contributed by atoms with Crippen LogP contribution in [0.5, 0.6) is 0 Å². The van der Waals surface area contributed by atoms with E-state index in [4.69, 9.17) is 0 Å². The summed E-state index contributed by atoms with van der Waals surface area (Å²) in [6.07, 6.45) is 2.90. The molecule has 1 atom stereocenters. The van der Waals surface area contributed by atoms with Crippen molar-refractivity contribution in [1.82, 2.24) is 24.9 Å². The van der Waals surface area contributed by atoms with Gasteiger partial charge >= 0.3 is 5.69 Å². The third-order valence-electron chi connectivity index (χ3n) is 3.48. The van der Waals surface area contributed by atoms with Gasteiger partial charge < -0.3 is 5.32 Å². The topological polar surface area (TPSA) is 108 Å². The molecule has 0 saturated carbocycles. The van der Waals surface area contributed by atoms with Gasteiger partial charge in [-0.05, 0) is 20.8 Å². The summed E-state index contributed by atoms with van der Waals surface area (Å²) in [6, 6.07) is -0.325. The highest BCUT2D eigenvalue weighted by Gasteiger charge is 2.26. The molecule has 2 rings (SSSR count). The zero-order chi connectivity index (χ0) is 16.4. The van der Waals surface area contributed by atoms with Crippen LogP contribution in [0.25, 0.3) is 0 Å². The van der Waals surface area contributed by atoms with Gasteiger partial charge in [-0.1, -0.05) is 0 Å². The van der Waals surface area contributed by atoms with Crippen molar-refractivity contribution in [2.75, 3.05) is 0 Å². The lowest BCUT2D eigenvalue weighted by atomic mass is 10.1. The molecule has 0 bridgehead atoms. The fraction of sp³-hybridized carbons (Fsp3) is 0.462. The van der Waals surface area contributed by atoms with Gasteiger partial charge in [-0.15, -0.1) is 0 Å². The number of aromatic nitrogens is 4. The monoisotopic (exact) mass is 306 g/mol. The van der Waals surface area contributed by atoms with Crippen LogP contribution in [0.4, 0.5) is 5.69 Å². The molecule has 0 spiro atoms. The Balaban J connectivity index is 2.21. The molecule has 9 nitrogen and oxygen atoms in total. The van der Waals surface area contributed by atoms with Crippen LogP contribution in [0.15, 0.2) is 12.4 Å². The lowest BCUT2D eigenvalue weighted by Crippen LogP contribution is -2.28. The van der Waals surface area contributed by atoms with Crippen molar-refractivity contribution >= 4 is 11.6 Å². The van der Waals surface area contributed by atoms with Gasteiger partial charge in [-0.3, -0.25) is 24.3 Å². The number of nitrogens with zero attached hydrogens (tertiary/aromatic N) is 5. The maximum Gasteiger partial charge on any atom is 0.320 e. The standard InChI is InChI=1S/C13H18N6O3/c1-5-18-9(3)10(6-14-18)8(2)15-13(20)12-11(19(21)22)7-17(4)16-12/h6-8H,5H2,1-4H3,(H,15,20). The first-order valence-corrected chi connectivity index (χ1v) is 6.86. The summed E-state index contributed by atoms with van der Waals surface area (Å²) < 4.78 is 3.07. The van der Waals surface area contributed by atoms with Gasteiger partial charge in [0.15, 0.2) is 0 Å². The normalized spacial score (nSPS) is 12.2. The molecule has 2 aromatic rings. The summed E-state index contributed by atoms with van der Waals surface area (Å²) in [6.45, 7) is 6.43. The lowest BCUT2D eigenvalue weighted by molar-refractivity contribution is -0.385. The van der Waals surface area contributed by atoms with E-state index in [9.17, 15) is 14.9 Å². The number of aryl methyl sites for hydroxylation is 2. The van der Waals surface area contributed by atoms with E-state index >= 15 is 0 Å². The Hall–Kier alpha value is -2.71. The first-order chi connectivity index (χ1) is 10.3. The first-order valence-electron chi connectivity index (χ1n) is 6.86. The molecule has 0 aliphatic heterocycles. The quantitative estimate of drug-likeness (QED) is 0.662. The second-order valence-corrected chi connectivity index (χ2v) is 4.99. The maximum atomic E-state index is 12.2. The molecular weight excluding hydrogens is 288 g/mol. The first kappa shape index (κ1) is 15.7. The Morgan fingerprint density at radius 3 is 2.77 bits per heavy atom. The zero-order valence-electron chi connectivity index (χ0n) is 12.9. The van der Waals surface area contributed by atoms with Gasteiger partial charge in [0.25, 0.3) is 5.91 Å². The van der Waals surface area contributed by atoms with Crippen molar-refractivity contribution in [1.29, 1.82) is 0 Å². The third kappa shape index (κ3) is 2.83. The molecule has 1 N–H and O–H groups in total. The van der Waals surface area contributed by atoms with Gasteiger partial charge in [-0.2, -0.15) is 10.2 Å². The minimum Gasteiger partial charge on any atom is -0.344 e. The molecule has 2 heterocycles. The van der Waals surface area contributed by atoms with Crippen molar-refractivity contribution in [3.8, 4) is 0 Å². The van der Waals surface area contributed by atoms with E-state index in [1.165, 1.54) is 17.9 Å². The largest absolute Gasteiger partial charge is 0.344 e. The number of carbonyl (C=O) groups is 1. The van der Waals surface area contributed by atoms with Crippen LogP contribution >= 0.6 is 0 Å². The van der Waals surface area contributed by atoms with E-state index in [0.717, 1.165) is 17.8 Å². The van der Waals surface area contributed by atoms with Crippen LogP contribution in [0, 0.1) is 17.0 Å². The fourth-order valence-electron chi connectivity index (χ4n) is 2.32. The SMILES string of the molecule is CCn1ncc(C(C)NC(=O)c2nn(C)cc2[N+](=O)[O-])c1C. The molecule has 0 aliphatic carbocycles. The third-order valence-corrected chi connectivity index (χ3v) is 3.48. The molecule has 9 heteroatoms. The van der Waals surface area contributed by atoms with Crippen LogP contribution in [0.1, 0.15) is 41.6 Å². The van der Waals surface area contributed by atoms with Crippen molar-refractivity contribution in [2.24, 2.45) is 7.05 Å². The van der Waals surface area contributed by atoms with Crippen molar-refractivity contribution in [3.63, 3.8) is 0 Å². The van der Waals surface area contributed by atoms with Crippen LogP contribution < -0.4 is 5.32 Å². The average Bonchev–Trinajstić information content (AvgIpc) is 3.01. The van der Waals surface area contributed by atoms with Crippen molar-refractivity contribution < 1.29 is 9.72 Å². The summed E-state index contributed by atoms with van der Waals surface area (Å²) >= 11 is 0. The number of hydrogen-bond donors (Lipinski definition) is 1. The highest BCUT2D eigenvalue weighted by Crippen LogP contribution is 2.20. The van der Waals surface area contributed by atoms with Gasteiger partial charge in [-0.25, -0.2) is 0 Å². The lowest BCUT2D eigenvalue weighted by Gasteiger charge is -2.12. The Morgan fingerprint density at radius 2 is 2.23 bits per heavy atom. The molecule has 1 amide bonds. The molecule has 2 aromatic heterocycles. The van der Waals surface area contributed by atoms with Gasteiger partial charge in [0.1, 0.15) is 6.20 Å². The Morgan fingerprint density at radius 1 is 1.55 bits per heavy atom. The van der Waals surface area contributed by atoms with E-state index in [-0.39, 0.29) is 17.4 Å². The number of hydrogen-bond acceptors (Lipinski definition) is 5. The molecule has 0 radical (unpaired) electrons. The smallest absolute Gasteiger partial charge is 0.320 e. The molecule has 0 aromatic carbocycles. The minimum absolute atomic E-state index is 0.195. The number of nitro groups is 1. The second kappa shape index (κ2) is 5.96. The predicted octanol–water partition coefficient (Wildman–Crippen LogP) is 1.34. The average molecular weight is 306 g/mol. The highest BCUT2D eigenvalue weighted by atomic mass is 16.6. The molecule has 0 fully saturated rings. The van der Waals surface area contributed by atoms with Crippen LogP contribution in [0.3, 0.4) is 0 Å². The summed E-state index contributed by atoms with van der Waals surface area (Å²) in [7, 11) is 1.53. The zero-order valence-corrected chi connectivity index (χ0v) is 12.9. The number of nitrogens with one attached hydrogen (secondary N) is 1. The summed E-state index contributed by atoms with van der Waals surface area (Å²) in [5.74, 6) is -0.580. The van der Waals surface area contributed by atoms with E-state index in [0.29, 0.717) is 0 Å². The van der Waals surface area contributed by atoms with Gasteiger partial charge in [0, 0.05) is 24.8 Å². The van der Waals surface area contributed by atoms with E-state index in [1.54, 1.807) is 13.1 Å². The second-order valence-electron chi connectivity index (χ2n) is 4.99. The Labute approximate surface area is 127 Å². The molecular formula is C13H18N6O3. The van der Waals surface area contributed by atoms with Gasteiger partial charge in [0.2, 0.25) is 5.69 Å². The number of carbonyl (C=O) groups excluding carboxylic acids is 1. The Kier molecular flexibility index (Phi) is 4.25. The molecule has 118 valence electrons. The predicted molar refractivity (Wildman–Crippen MR) is 78.4 cm³/mol. The summed E-state index contributed by atoms with van der Waals surface area (Å²) in [5, 5.41) is 21.8. The summed E-state index contributed by atoms with van der Waals surface area (Å²) in [5.41, 5.74) is 1.31. The van der Waals surface area contributed by atoms with Crippen molar-refractivity contribution in [2.45, 2.75) is 33.4 Å². The Bertz CT molecular complexity index is 717. The minimum atomic E-state index is -0.618. The van der Waals surface area contributed by atoms with E-state index in [1.807, 2.05) is 18.5 Å². The molecule has 1 unspecified atom stereocenters. The fourth-order valence-corrected chi connectivity index (χ4v) is 2.32. The van der Waals surface area contributed by atoms with Crippen LogP contribution in [-0.2, 0) is 13.6 Å². The van der Waals surface area contributed by atoms with E-state index in [2.05, 4.69) is 15.5 Å². The molecule has 22 heavy (non-hydrogen) atoms.